The van der Waals surface area contributed by atoms with Crippen molar-refractivity contribution in [3.8, 4) is 0 Å². The molecule has 18 heavy (non-hydrogen) atoms. The molecule has 2 rings (SSSR count). The predicted octanol–water partition coefficient (Wildman–Crippen LogP) is 1.57. The van der Waals surface area contributed by atoms with E-state index in [1.165, 1.54) is 5.56 Å². The van der Waals surface area contributed by atoms with Crippen LogP contribution in [-0.4, -0.2) is 26.8 Å². The van der Waals surface area contributed by atoms with Crippen molar-refractivity contribution in [2.24, 2.45) is 5.14 Å². The van der Waals surface area contributed by atoms with Gasteiger partial charge in [-0.15, -0.1) is 0 Å². The van der Waals surface area contributed by atoms with Crippen molar-refractivity contribution < 1.29 is 8.42 Å². The second kappa shape index (κ2) is 5.69. The van der Waals surface area contributed by atoms with Crippen molar-refractivity contribution in [1.82, 2.24) is 5.32 Å². The first kappa shape index (κ1) is 14.0. The van der Waals surface area contributed by atoms with Crippen LogP contribution in [0.3, 0.4) is 0 Å². The first-order valence-electron chi connectivity index (χ1n) is 5.93. The standard InChI is InChI=1S/C12H17BrN2O2S/c13-11-3-1-2-9(6-11)10-7-12(8-10)15-4-5-18(14,16)17/h1-3,6,10,12,15H,4-5,7-8H2,(H2,14,16,17). The van der Waals surface area contributed by atoms with Crippen LogP contribution in [0.25, 0.3) is 0 Å². The first-order valence-corrected chi connectivity index (χ1v) is 8.44. The molecule has 3 N–H and O–H groups in total. The number of hydrogen-bond donors (Lipinski definition) is 2. The molecule has 1 aromatic rings. The summed E-state index contributed by atoms with van der Waals surface area (Å²) in [7, 11) is -3.34. The third-order valence-corrected chi connectivity index (χ3v) is 4.54. The lowest BCUT2D eigenvalue weighted by atomic mass is 9.76. The third-order valence-electron chi connectivity index (χ3n) is 3.28. The molecule has 1 fully saturated rings. The summed E-state index contributed by atoms with van der Waals surface area (Å²) < 4.78 is 22.7. The van der Waals surface area contributed by atoms with Crippen molar-refractivity contribution in [1.29, 1.82) is 0 Å². The van der Waals surface area contributed by atoms with E-state index >= 15 is 0 Å². The number of primary sulfonamides is 1. The Balaban J connectivity index is 1.74. The Morgan fingerprint density at radius 1 is 1.39 bits per heavy atom. The smallest absolute Gasteiger partial charge is 0.210 e. The van der Waals surface area contributed by atoms with Gasteiger partial charge in [0.15, 0.2) is 0 Å². The van der Waals surface area contributed by atoms with Gasteiger partial charge in [0.05, 0.1) is 5.75 Å². The minimum Gasteiger partial charge on any atom is -0.313 e. The fourth-order valence-corrected chi connectivity index (χ4v) is 3.04. The fourth-order valence-electron chi connectivity index (χ4n) is 2.22. The molecular weight excluding hydrogens is 316 g/mol. The van der Waals surface area contributed by atoms with Gasteiger partial charge in [0.2, 0.25) is 10.0 Å². The Labute approximate surface area is 116 Å². The lowest BCUT2D eigenvalue weighted by Gasteiger charge is -2.36. The Kier molecular flexibility index (Phi) is 4.42. The Morgan fingerprint density at radius 3 is 2.72 bits per heavy atom. The Morgan fingerprint density at radius 2 is 2.11 bits per heavy atom. The number of benzene rings is 1. The van der Waals surface area contributed by atoms with E-state index in [1.54, 1.807) is 0 Å². The molecule has 1 aliphatic rings. The fraction of sp³-hybridized carbons (Fsp3) is 0.500. The van der Waals surface area contributed by atoms with Crippen molar-refractivity contribution in [2.45, 2.75) is 24.8 Å². The van der Waals surface area contributed by atoms with E-state index in [0.29, 0.717) is 18.5 Å². The summed E-state index contributed by atoms with van der Waals surface area (Å²) in [5, 5.41) is 8.16. The van der Waals surface area contributed by atoms with Gasteiger partial charge in [-0.25, -0.2) is 13.6 Å². The highest BCUT2D eigenvalue weighted by Crippen LogP contribution is 2.37. The molecule has 1 saturated carbocycles. The number of halogens is 1. The quantitative estimate of drug-likeness (QED) is 0.859. The highest BCUT2D eigenvalue weighted by Gasteiger charge is 2.29. The van der Waals surface area contributed by atoms with E-state index in [1.807, 2.05) is 12.1 Å². The van der Waals surface area contributed by atoms with Crippen molar-refractivity contribution in [3.63, 3.8) is 0 Å². The number of nitrogens with one attached hydrogen (secondary N) is 1. The van der Waals surface area contributed by atoms with Crippen LogP contribution in [0.4, 0.5) is 0 Å². The van der Waals surface area contributed by atoms with Gasteiger partial charge < -0.3 is 5.32 Å². The molecule has 0 amide bonds. The summed E-state index contributed by atoms with van der Waals surface area (Å²) in [4.78, 5) is 0. The lowest BCUT2D eigenvalue weighted by Crippen LogP contribution is -2.42. The topological polar surface area (TPSA) is 72.2 Å². The molecule has 6 heteroatoms. The van der Waals surface area contributed by atoms with Crippen LogP contribution >= 0.6 is 15.9 Å². The summed E-state index contributed by atoms with van der Waals surface area (Å²) in [5.74, 6) is 0.583. The van der Waals surface area contributed by atoms with Crippen LogP contribution in [0.2, 0.25) is 0 Å². The van der Waals surface area contributed by atoms with Crippen molar-refractivity contribution in [2.75, 3.05) is 12.3 Å². The third kappa shape index (κ3) is 4.05. The molecule has 1 aromatic carbocycles. The average molecular weight is 333 g/mol. The SMILES string of the molecule is NS(=O)(=O)CCNC1CC(c2cccc(Br)c2)C1. The molecular formula is C12H17BrN2O2S. The van der Waals surface area contributed by atoms with E-state index < -0.39 is 10.0 Å². The van der Waals surface area contributed by atoms with Crippen molar-refractivity contribution >= 4 is 26.0 Å². The number of hydrogen-bond acceptors (Lipinski definition) is 3. The maximum Gasteiger partial charge on any atom is 0.210 e. The van der Waals surface area contributed by atoms with E-state index in [4.69, 9.17) is 5.14 Å². The van der Waals surface area contributed by atoms with Crippen LogP contribution in [0, 0.1) is 0 Å². The highest BCUT2D eigenvalue weighted by atomic mass is 79.9. The summed E-state index contributed by atoms with van der Waals surface area (Å²) in [6.45, 7) is 0.439. The van der Waals surface area contributed by atoms with Gasteiger partial charge in [0.1, 0.15) is 0 Å². The maximum absolute atomic E-state index is 10.8. The predicted molar refractivity (Wildman–Crippen MR) is 75.9 cm³/mol. The van der Waals surface area contributed by atoms with Crippen LogP contribution < -0.4 is 10.5 Å². The summed E-state index contributed by atoms with van der Waals surface area (Å²) >= 11 is 3.47. The molecule has 4 nitrogen and oxygen atoms in total. The molecule has 1 aliphatic carbocycles. The maximum atomic E-state index is 10.8. The van der Waals surface area contributed by atoms with Gasteiger partial charge in [-0.05, 0) is 36.5 Å². The van der Waals surface area contributed by atoms with E-state index in [2.05, 4.69) is 33.4 Å². The molecule has 0 aromatic heterocycles. The van der Waals surface area contributed by atoms with Crippen LogP contribution in [0.15, 0.2) is 28.7 Å². The molecule has 0 atom stereocenters. The second-order valence-electron chi connectivity index (χ2n) is 4.74. The minimum atomic E-state index is -3.34. The van der Waals surface area contributed by atoms with Gasteiger partial charge in [-0.1, -0.05) is 28.1 Å². The second-order valence-corrected chi connectivity index (χ2v) is 7.39. The lowest BCUT2D eigenvalue weighted by molar-refractivity contribution is 0.296. The Hall–Kier alpha value is -0.430. The van der Waals surface area contributed by atoms with Crippen LogP contribution in [-0.2, 0) is 10.0 Å². The summed E-state index contributed by atoms with van der Waals surface area (Å²) in [5.41, 5.74) is 1.34. The monoisotopic (exact) mass is 332 g/mol. The zero-order chi connectivity index (χ0) is 13.2. The molecule has 0 spiro atoms. The highest BCUT2D eigenvalue weighted by molar-refractivity contribution is 9.10. The van der Waals surface area contributed by atoms with Gasteiger partial charge in [0.25, 0.3) is 0 Å². The molecule has 0 bridgehead atoms. The zero-order valence-corrected chi connectivity index (χ0v) is 12.4. The molecule has 100 valence electrons. The van der Waals surface area contributed by atoms with E-state index in [9.17, 15) is 8.42 Å². The van der Waals surface area contributed by atoms with Gasteiger partial charge >= 0.3 is 0 Å². The van der Waals surface area contributed by atoms with Crippen LogP contribution in [0.1, 0.15) is 24.3 Å². The van der Waals surface area contributed by atoms with Crippen molar-refractivity contribution in [3.05, 3.63) is 34.3 Å². The first-order chi connectivity index (χ1) is 8.44. The normalized spacial score (nSPS) is 23.7. The van der Waals surface area contributed by atoms with E-state index in [0.717, 1.165) is 17.3 Å². The van der Waals surface area contributed by atoms with Gasteiger partial charge in [0, 0.05) is 17.1 Å². The van der Waals surface area contributed by atoms with E-state index in [-0.39, 0.29) is 5.75 Å². The number of rotatable bonds is 5. The summed E-state index contributed by atoms with van der Waals surface area (Å²) in [6.07, 6.45) is 2.11. The molecule has 0 heterocycles. The largest absolute Gasteiger partial charge is 0.313 e. The Bertz CT molecular complexity index is 513. The molecule has 0 unspecified atom stereocenters. The number of sulfonamides is 1. The zero-order valence-electron chi connectivity index (χ0n) is 9.97. The van der Waals surface area contributed by atoms with Gasteiger partial charge in [-0.3, -0.25) is 0 Å². The van der Waals surface area contributed by atoms with Gasteiger partial charge in [-0.2, -0.15) is 0 Å². The van der Waals surface area contributed by atoms with Crippen LogP contribution in [0.5, 0.6) is 0 Å². The summed E-state index contributed by atoms with van der Waals surface area (Å²) in [6, 6.07) is 8.75. The number of nitrogens with two attached hydrogens (primary N) is 1. The molecule has 0 radical (unpaired) electrons. The minimum absolute atomic E-state index is 0.00501. The average Bonchev–Trinajstić information content (AvgIpc) is 2.19. The molecule has 0 aliphatic heterocycles. The molecule has 0 saturated heterocycles.